The number of alkyl halides is 2. The van der Waals surface area contributed by atoms with Gasteiger partial charge in [-0.1, -0.05) is 53.5 Å². The van der Waals surface area contributed by atoms with Crippen molar-refractivity contribution < 1.29 is 5.11 Å². The number of rotatable bonds is 3. The van der Waals surface area contributed by atoms with E-state index in [0.717, 1.165) is 5.56 Å². The van der Waals surface area contributed by atoms with E-state index in [1.807, 2.05) is 30.3 Å². The van der Waals surface area contributed by atoms with E-state index in [-0.39, 0.29) is 6.42 Å². The van der Waals surface area contributed by atoms with Gasteiger partial charge in [0.15, 0.2) is 0 Å². The van der Waals surface area contributed by atoms with Crippen molar-refractivity contribution in [3.05, 3.63) is 35.9 Å². The molecule has 0 N–H and O–H groups in total. The van der Waals surface area contributed by atoms with E-state index in [1.165, 1.54) is 0 Å². The smallest absolute Gasteiger partial charge is 0.194 e. The molecule has 0 bridgehead atoms. The fourth-order valence-electron chi connectivity index (χ4n) is 0.935. The number of hydrogen-bond acceptors (Lipinski definition) is 0. The van der Waals surface area contributed by atoms with Crippen LogP contribution in [0.2, 0.25) is 0 Å². The third kappa shape index (κ3) is 3.96. The molecule has 12 heavy (non-hydrogen) atoms. The zero-order valence-corrected chi connectivity index (χ0v) is 7.98. The quantitative estimate of drug-likeness (QED) is 0.674. The summed E-state index contributed by atoms with van der Waals surface area (Å²) in [6, 6.07) is 9.66. The molecular weight excluding hydrogens is 195 g/mol. The predicted octanol–water partition coefficient (Wildman–Crippen LogP) is 3.18. The molecule has 0 fully saturated rings. The van der Waals surface area contributed by atoms with Gasteiger partial charge in [0.1, 0.15) is 0 Å². The molecular formula is C9H9Cl2O. The molecule has 0 spiro atoms. The highest BCUT2D eigenvalue weighted by molar-refractivity contribution is 6.46. The van der Waals surface area contributed by atoms with Crippen molar-refractivity contribution >= 4 is 23.2 Å². The Kier molecular flexibility index (Phi) is 3.39. The summed E-state index contributed by atoms with van der Waals surface area (Å²) in [5.41, 5.74) is 1.08. The molecule has 65 valence electrons. The van der Waals surface area contributed by atoms with Crippen molar-refractivity contribution in [3.63, 3.8) is 0 Å². The molecule has 0 aromatic heterocycles. The third-order valence-corrected chi connectivity index (χ3v) is 1.93. The largest absolute Gasteiger partial charge is 0.250 e. The van der Waals surface area contributed by atoms with E-state index in [2.05, 4.69) is 0 Å². The van der Waals surface area contributed by atoms with Crippen LogP contribution in [0.1, 0.15) is 12.0 Å². The van der Waals surface area contributed by atoms with E-state index < -0.39 is 4.52 Å². The summed E-state index contributed by atoms with van der Waals surface area (Å²) in [7, 11) is 0. The van der Waals surface area contributed by atoms with Crippen LogP contribution in [0.4, 0.5) is 0 Å². The van der Waals surface area contributed by atoms with Crippen LogP contribution in [0.3, 0.4) is 0 Å². The van der Waals surface area contributed by atoms with Crippen LogP contribution in [-0.2, 0) is 11.5 Å². The summed E-state index contributed by atoms with van der Waals surface area (Å²) in [6.45, 7) is 0. The van der Waals surface area contributed by atoms with Gasteiger partial charge in [0.2, 0.25) is 4.52 Å². The second kappa shape index (κ2) is 4.13. The number of aryl methyl sites for hydroxylation is 1. The van der Waals surface area contributed by atoms with Crippen LogP contribution >= 0.6 is 23.2 Å². The molecule has 1 rings (SSSR count). The van der Waals surface area contributed by atoms with E-state index in [1.54, 1.807) is 0 Å². The summed E-state index contributed by atoms with van der Waals surface area (Å²) in [6.07, 6.45) is 0.859. The zero-order valence-electron chi connectivity index (χ0n) is 6.47. The lowest BCUT2D eigenvalue weighted by Crippen LogP contribution is -2.09. The van der Waals surface area contributed by atoms with Crippen LogP contribution in [-0.4, -0.2) is 4.52 Å². The van der Waals surface area contributed by atoms with Crippen molar-refractivity contribution in [1.29, 1.82) is 0 Å². The molecule has 0 aliphatic rings. The highest BCUT2D eigenvalue weighted by atomic mass is 35.5. The van der Waals surface area contributed by atoms with Crippen LogP contribution in [0.15, 0.2) is 30.3 Å². The molecule has 1 nitrogen and oxygen atoms in total. The van der Waals surface area contributed by atoms with E-state index in [0.29, 0.717) is 6.42 Å². The van der Waals surface area contributed by atoms with Crippen molar-refractivity contribution in [2.45, 2.75) is 17.4 Å². The van der Waals surface area contributed by atoms with Crippen molar-refractivity contribution in [2.24, 2.45) is 0 Å². The minimum atomic E-state index is -1.85. The Hall–Kier alpha value is -0.240. The van der Waals surface area contributed by atoms with Crippen LogP contribution < -0.4 is 0 Å². The molecule has 0 unspecified atom stereocenters. The standard InChI is InChI=1S/C9H9Cl2O/c10-9(11,12)7-6-8-4-2-1-3-5-8/h1-5H,6-7H2. The van der Waals surface area contributed by atoms with Crippen molar-refractivity contribution in [3.8, 4) is 0 Å². The topological polar surface area (TPSA) is 19.9 Å². The van der Waals surface area contributed by atoms with Crippen molar-refractivity contribution in [1.82, 2.24) is 0 Å². The van der Waals surface area contributed by atoms with Crippen molar-refractivity contribution in [2.75, 3.05) is 0 Å². The first kappa shape index (κ1) is 9.85. The average molecular weight is 204 g/mol. The monoisotopic (exact) mass is 203 g/mol. The molecule has 0 saturated heterocycles. The Morgan fingerprint density at radius 1 is 1.17 bits per heavy atom. The molecule has 1 aromatic rings. The molecule has 1 radical (unpaired) electrons. The van der Waals surface area contributed by atoms with Gasteiger partial charge in [-0.3, -0.25) is 0 Å². The Bertz CT molecular complexity index is 228. The molecule has 1 aromatic carbocycles. The first-order valence-corrected chi connectivity index (χ1v) is 4.46. The average Bonchev–Trinajstić information content (AvgIpc) is 2.02. The maximum atomic E-state index is 10.8. The fraction of sp³-hybridized carbons (Fsp3) is 0.333. The van der Waals surface area contributed by atoms with Crippen LogP contribution in [0.5, 0.6) is 0 Å². The summed E-state index contributed by atoms with van der Waals surface area (Å²) >= 11 is 10.6. The lowest BCUT2D eigenvalue weighted by molar-refractivity contribution is 0.114. The lowest BCUT2D eigenvalue weighted by atomic mass is 10.1. The van der Waals surface area contributed by atoms with Crippen LogP contribution in [0.25, 0.3) is 0 Å². The second-order valence-electron chi connectivity index (χ2n) is 2.62. The van der Waals surface area contributed by atoms with Gasteiger partial charge < -0.3 is 0 Å². The van der Waals surface area contributed by atoms with Gasteiger partial charge in [-0.25, -0.2) is 0 Å². The van der Waals surface area contributed by atoms with Gasteiger partial charge in [-0.2, -0.15) is 5.11 Å². The Balaban J connectivity index is 2.44. The molecule has 0 aliphatic carbocycles. The number of hydrogen-bond donors (Lipinski definition) is 0. The summed E-state index contributed by atoms with van der Waals surface area (Å²) in [5.74, 6) is 0. The SMILES string of the molecule is [O]C(Cl)(Cl)CCc1ccccc1. The highest BCUT2D eigenvalue weighted by Gasteiger charge is 2.20. The van der Waals surface area contributed by atoms with E-state index in [9.17, 15) is 5.11 Å². The minimum Gasteiger partial charge on any atom is -0.194 e. The van der Waals surface area contributed by atoms with Gasteiger partial charge in [0.25, 0.3) is 0 Å². The molecule has 0 heterocycles. The predicted molar refractivity (Wildman–Crippen MR) is 49.9 cm³/mol. The lowest BCUT2D eigenvalue weighted by Gasteiger charge is -2.08. The first-order valence-electron chi connectivity index (χ1n) is 3.70. The minimum absolute atomic E-state index is 0.236. The first-order chi connectivity index (χ1) is 5.58. The van der Waals surface area contributed by atoms with Gasteiger partial charge in [0.05, 0.1) is 0 Å². The third-order valence-electron chi connectivity index (χ3n) is 1.55. The van der Waals surface area contributed by atoms with Gasteiger partial charge in [-0.05, 0) is 12.0 Å². The summed E-state index contributed by atoms with van der Waals surface area (Å²) < 4.78 is -1.85. The Labute approximate surface area is 81.9 Å². The van der Waals surface area contributed by atoms with Crippen LogP contribution in [0, 0.1) is 0 Å². The van der Waals surface area contributed by atoms with E-state index in [4.69, 9.17) is 23.2 Å². The normalized spacial score (nSPS) is 11.6. The Morgan fingerprint density at radius 2 is 1.75 bits per heavy atom. The molecule has 3 heteroatoms. The highest BCUT2D eigenvalue weighted by Crippen LogP contribution is 2.23. The zero-order chi connectivity index (χ0) is 9.03. The fourth-order valence-corrected chi connectivity index (χ4v) is 1.12. The Morgan fingerprint density at radius 3 is 2.25 bits per heavy atom. The molecule has 0 atom stereocenters. The summed E-state index contributed by atoms with van der Waals surface area (Å²) in [5, 5.41) is 10.8. The molecule has 0 saturated carbocycles. The maximum absolute atomic E-state index is 10.8. The van der Waals surface area contributed by atoms with Gasteiger partial charge >= 0.3 is 0 Å². The number of halogens is 2. The van der Waals surface area contributed by atoms with Gasteiger partial charge in [0, 0.05) is 6.42 Å². The molecule has 0 aliphatic heterocycles. The summed E-state index contributed by atoms with van der Waals surface area (Å²) in [4.78, 5) is 0. The second-order valence-corrected chi connectivity index (χ2v) is 4.04. The maximum Gasteiger partial charge on any atom is 0.250 e. The number of benzene rings is 1. The van der Waals surface area contributed by atoms with Gasteiger partial charge in [-0.15, -0.1) is 0 Å². The van der Waals surface area contributed by atoms with E-state index >= 15 is 0 Å². The molecule has 0 amide bonds.